The number of anilines is 1. The van der Waals surface area contributed by atoms with Crippen molar-refractivity contribution in [1.29, 1.82) is 0 Å². The molecule has 1 amide bonds. The highest BCUT2D eigenvalue weighted by Crippen LogP contribution is 2.29. The molecule has 1 saturated heterocycles. The Labute approximate surface area is 128 Å². The molecule has 2 rings (SSSR count). The third kappa shape index (κ3) is 3.73. The van der Waals surface area contributed by atoms with E-state index in [2.05, 4.69) is 51.3 Å². The van der Waals surface area contributed by atoms with Crippen LogP contribution in [0.3, 0.4) is 0 Å². The van der Waals surface area contributed by atoms with Crippen LogP contribution in [0, 0.1) is 5.92 Å². The van der Waals surface area contributed by atoms with Crippen molar-refractivity contribution in [3.63, 3.8) is 0 Å². The molecule has 0 aromatic heterocycles. The second-order valence-electron chi connectivity index (χ2n) is 5.28. The molecule has 0 radical (unpaired) electrons. The van der Waals surface area contributed by atoms with Gasteiger partial charge < -0.3 is 16.0 Å². The quantitative estimate of drug-likeness (QED) is 0.781. The van der Waals surface area contributed by atoms with E-state index in [1.54, 1.807) is 0 Å². The predicted octanol–water partition coefficient (Wildman–Crippen LogP) is 2.26. The van der Waals surface area contributed by atoms with E-state index in [9.17, 15) is 4.79 Å². The van der Waals surface area contributed by atoms with E-state index in [0.717, 1.165) is 43.5 Å². The first-order chi connectivity index (χ1) is 9.61. The van der Waals surface area contributed by atoms with Gasteiger partial charge in [-0.2, -0.15) is 0 Å². The standard InChI is InChI=1S/C15H22BrN3O/c1-2-6-18-9-12-8-13(16)3-4-14(12)19-7-5-11(10-19)15(17)20/h3-4,8,11,18H,2,5-7,9-10H2,1H3,(H2,17,20). The average Bonchev–Trinajstić information content (AvgIpc) is 2.89. The molecule has 1 aliphatic rings. The Morgan fingerprint density at radius 2 is 2.35 bits per heavy atom. The van der Waals surface area contributed by atoms with Gasteiger partial charge in [-0.1, -0.05) is 22.9 Å². The number of nitrogens with zero attached hydrogens (tertiary/aromatic N) is 1. The summed E-state index contributed by atoms with van der Waals surface area (Å²) < 4.78 is 1.08. The van der Waals surface area contributed by atoms with Gasteiger partial charge in [-0.05, 0) is 43.1 Å². The van der Waals surface area contributed by atoms with Crippen molar-refractivity contribution in [2.45, 2.75) is 26.3 Å². The highest BCUT2D eigenvalue weighted by atomic mass is 79.9. The maximum atomic E-state index is 11.3. The molecule has 1 atom stereocenters. The zero-order chi connectivity index (χ0) is 14.5. The summed E-state index contributed by atoms with van der Waals surface area (Å²) in [7, 11) is 0. The molecule has 20 heavy (non-hydrogen) atoms. The Morgan fingerprint density at radius 3 is 3.00 bits per heavy atom. The molecule has 1 aliphatic heterocycles. The molecule has 5 heteroatoms. The zero-order valence-electron chi connectivity index (χ0n) is 11.9. The molecule has 0 bridgehead atoms. The summed E-state index contributed by atoms with van der Waals surface area (Å²) in [5.41, 5.74) is 7.88. The largest absolute Gasteiger partial charge is 0.370 e. The summed E-state index contributed by atoms with van der Waals surface area (Å²) in [4.78, 5) is 13.6. The fourth-order valence-corrected chi connectivity index (χ4v) is 3.02. The molecule has 0 spiro atoms. The van der Waals surface area contributed by atoms with Crippen LogP contribution >= 0.6 is 15.9 Å². The summed E-state index contributed by atoms with van der Waals surface area (Å²) in [6.07, 6.45) is 1.98. The Balaban J connectivity index is 2.12. The van der Waals surface area contributed by atoms with E-state index in [-0.39, 0.29) is 11.8 Å². The van der Waals surface area contributed by atoms with Crippen LogP contribution in [0.5, 0.6) is 0 Å². The number of rotatable bonds is 6. The number of nitrogens with two attached hydrogens (primary N) is 1. The lowest BCUT2D eigenvalue weighted by atomic mass is 10.1. The van der Waals surface area contributed by atoms with Gasteiger partial charge in [0.05, 0.1) is 5.92 Å². The van der Waals surface area contributed by atoms with Crippen LogP contribution in [0.1, 0.15) is 25.3 Å². The van der Waals surface area contributed by atoms with E-state index in [1.165, 1.54) is 11.3 Å². The number of halogens is 1. The Bertz CT molecular complexity index is 478. The van der Waals surface area contributed by atoms with Crippen molar-refractivity contribution in [2.24, 2.45) is 11.7 Å². The Kier molecular flexibility index (Phi) is 5.43. The third-order valence-corrected chi connectivity index (χ3v) is 4.21. The summed E-state index contributed by atoms with van der Waals surface area (Å²) >= 11 is 3.53. The van der Waals surface area contributed by atoms with Crippen LogP contribution in [0.4, 0.5) is 5.69 Å². The molecule has 1 aromatic carbocycles. The van der Waals surface area contributed by atoms with E-state index >= 15 is 0 Å². The van der Waals surface area contributed by atoms with E-state index < -0.39 is 0 Å². The zero-order valence-corrected chi connectivity index (χ0v) is 13.4. The first-order valence-corrected chi connectivity index (χ1v) is 7.94. The highest BCUT2D eigenvalue weighted by Gasteiger charge is 2.27. The minimum Gasteiger partial charge on any atom is -0.370 e. The first kappa shape index (κ1) is 15.3. The van der Waals surface area contributed by atoms with Crippen molar-refractivity contribution < 1.29 is 4.79 Å². The molecular weight excluding hydrogens is 318 g/mol. The maximum absolute atomic E-state index is 11.3. The molecule has 4 nitrogen and oxygen atoms in total. The van der Waals surface area contributed by atoms with Crippen LogP contribution in [-0.2, 0) is 11.3 Å². The fraction of sp³-hybridized carbons (Fsp3) is 0.533. The molecule has 0 saturated carbocycles. The van der Waals surface area contributed by atoms with Gasteiger partial charge in [-0.15, -0.1) is 0 Å². The molecule has 1 heterocycles. The van der Waals surface area contributed by atoms with Gasteiger partial charge in [-0.25, -0.2) is 0 Å². The number of hydrogen-bond acceptors (Lipinski definition) is 3. The lowest BCUT2D eigenvalue weighted by Gasteiger charge is -2.22. The number of hydrogen-bond donors (Lipinski definition) is 2. The number of primary amides is 1. The average molecular weight is 340 g/mol. The summed E-state index contributed by atoms with van der Waals surface area (Å²) in [5.74, 6) is -0.203. The lowest BCUT2D eigenvalue weighted by Crippen LogP contribution is -2.28. The van der Waals surface area contributed by atoms with E-state index in [4.69, 9.17) is 5.73 Å². The molecule has 1 aromatic rings. The maximum Gasteiger partial charge on any atom is 0.222 e. The first-order valence-electron chi connectivity index (χ1n) is 7.15. The van der Waals surface area contributed by atoms with Gasteiger partial charge in [0.2, 0.25) is 5.91 Å². The topological polar surface area (TPSA) is 58.4 Å². The van der Waals surface area contributed by atoms with Gasteiger partial charge >= 0.3 is 0 Å². The molecule has 1 unspecified atom stereocenters. The normalized spacial score (nSPS) is 18.5. The van der Waals surface area contributed by atoms with Crippen molar-refractivity contribution in [3.8, 4) is 0 Å². The number of carbonyl (C=O) groups excluding carboxylic acids is 1. The minimum atomic E-state index is -0.185. The van der Waals surface area contributed by atoms with Crippen LogP contribution in [0.2, 0.25) is 0 Å². The Hall–Kier alpha value is -1.07. The molecular formula is C15H22BrN3O. The van der Waals surface area contributed by atoms with Crippen LogP contribution in [-0.4, -0.2) is 25.5 Å². The Morgan fingerprint density at radius 1 is 1.55 bits per heavy atom. The number of benzene rings is 1. The molecule has 0 aliphatic carbocycles. The van der Waals surface area contributed by atoms with Crippen molar-refractivity contribution >= 4 is 27.5 Å². The molecule has 3 N–H and O–H groups in total. The monoisotopic (exact) mass is 339 g/mol. The lowest BCUT2D eigenvalue weighted by molar-refractivity contribution is -0.121. The van der Waals surface area contributed by atoms with Gasteiger partial charge in [0.15, 0.2) is 0 Å². The number of amides is 1. The van der Waals surface area contributed by atoms with Crippen molar-refractivity contribution in [3.05, 3.63) is 28.2 Å². The second-order valence-corrected chi connectivity index (χ2v) is 6.20. The van der Waals surface area contributed by atoms with Gasteiger partial charge in [0.1, 0.15) is 0 Å². The smallest absolute Gasteiger partial charge is 0.222 e. The minimum absolute atomic E-state index is 0.0184. The summed E-state index contributed by atoms with van der Waals surface area (Å²) in [6, 6.07) is 6.32. The number of nitrogens with one attached hydrogen (secondary N) is 1. The fourth-order valence-electron chi connectivity index (χ4n) is 2.62. The summed E-state index contributed by atoms with van der Waals surface area (Å²) in [5, 5.41) is 3.44. The third-order valence-electron chi connectivity index (χ3n) is 3.72. The predicted molar refractivity (Wildman–Crippen MR) is 85.7 cm³/mol. The van der Waals surface area contributed by atoms with Gasteiger partial charge in [0.25, 0.3) is 0 Å². The second kappa shape index (κ2) is 7.09. The van der Waals surface area contributed by atoms with Gasteiger partial charge in [0, 0.05) is 29.8 Å². The van der Waals surface area contributed by atoms with Crippen LogP contribution in [0.25, 0.3) is 0 Å². The summed E-state index contributed by atoms with van der Waals surface area (Å²) in [6.45, 7) is 5.65. The van der Waals surface area contributed by atoms with Crippen molar-refractivity contribution in [1.82, 2.24) is 5.32 Å². The van der Waals surface area contributed by atoms with Gasteiger partial charge in [-0.3, -0.25) is 4.79 Å². The van der Waals surface area contributed by atoms with E-state index in [0.29, 0.717) is 0 Å². The van der Waals surface area contributed by atoms with Crippen molar-refractivity contribution in [2.75, 3.05) is 24.5 Å². The molecule has 1 fully saturated rings. The number of carbonyl (C=O) groups is 1. The molecule has 110 valence electrons. The van der Waals surface area contributed by atoms with E-state index in [1.807, 2.05) is 0 Å². The highest BCUT2D eigenvalue weighted by molar-refractivity contribution is 9.10. The van der Waals surface area contributed by atoms with Crippen LogP contribution in [0.15, 0.2) is 22.7 Å². The van der Waals surface area contributed by atoms with Crippen LogP contribution < -0.4 is 16.0 Å². The SMILES string of the molecule is CCCNCc1cc(Br)ccc1N1CCC(C(N)=O)C1.